The summed E-state index contributed by atoms with van der Waals surface area (Å²) in [5, 5.41) is 0. The molecule has 1 aromatic heterocycles. The number of imidazole rings is 1. The first-order chi connectivity index (χ1) is 9.07. The van der Waals surface area contributed by atoms with Crippen molar-refractivity contribution < 1.29 is 0 Å². The van der Waals surface area contributed by atoms with Crippen LogP contribution in [0.2, 0.25) is 0 Å². The maximum absolute atomic E-state index is 6.45. The molecule has 1 heterocycles. The third-order valence-corrected chi connectivity index (χ3v) is 5.18. The van der Waals surface area contributed by atoms with Gasteiger partial charge in [-0.25, -0.2) is 4.98 Å². The van der Waals surface area contributed by atoms with Gasteiger partial charge in [0.1, 0.15) is 5.82 Å². The monoisotopic (exact) mass is 317 g/mol. The lowest BCUT2D eigenvalue weighted by Crippen LogP contribution is -2.36. The zero-order valence-corrected chi connectivity index (χ0v) is 12.4. The highest BCUT2D eigenvalue weighted by Gasteiger charge is 2.42. The van der Waals surface area contributed by atoms with Gasteiger partial charge in [0.15, 0.2) is 0 Å². The van der Waals surface area contributed by atoms with Gasteiger partial charge in [0.2, 0.25) is 0 Å². The fourth-order valence-electron chi connectivity index (χ4n) is 3.03. The van der Waals surface area contributed by atoms with E-state index in [1.807, 2.05) is 0 Å². The first-order valence-corrected chi connectivity index (χ1v) is 7.52. The van der Waals surface area contributed by atoms with E-state index in [0.717, 1.165) is 22.4 Å². The predicted octanol–water partition coefficient (Wildman–Crippen LogP) is 3.33. The molecule has 0 spiro atoms. The molecular formula is C15H16BrN3. The SMILES string of the molecule is CC(N)(c1nc2c([nH]1)Cc1c(Br)cccc1-2)C1CC1. The van der Waals surface area contributed by atoms with Crippen LogP contribution in [0.4, 0.5) is 0 Å². The number of benzene rings is 1. The zero-order chi connectivity index (χ0) is 13.2. The summed E-state index contributed by atoms with van der Waals surface area (Å²) in [4.78, 5) is 8.28. The van der Waals surface area contributed by atoms with Gasteiger partial charge in [0.25, 0.3) is 0 Å². The Balaban J connectivity index is 1.81. The Kier molecular flexibility index (Phi) is 2.28. The van der Waals surface area contributed by atoms with Gasteiger partial charge < -0.3 is 10.7 Å². The largest absolute Gasteiger partial charge is 0.343 e. The summed E-state index contributed by atoms with van der Waals surface area (Å²) >= 11 is 3.62. The van der Waals surface area contributed by atoms with E-state index in [9.17, 15) is 0 Å². The second-order valence-corrected chi connectivity index (χ2v) is 6.77. The summed E-state index contributed by atoms with van der Waals surface area (Å²) < 4.78 is 1.16. The first-order valence-electron chi connectivity index (χ1n) is 6.73. The molecule has 2 aromatic rings. The topological polar surface area (TPSA) is 54.7 Å². The van der Waals surface area contributed by atoms with E-state index in [0.29, 0.717) is 5.92 Å². The second-order valence-electron chi connectivity index (χ2n) is 5.91. The molecule has 1 unspecified atom stereocenters. The zero-order valence-electron chi connectivity index (χ0n) is 10.8. The fraction of sp³-hybridized carbons (Fsp3) is 0.400. The van der Waals surface area contributed by atoms with Crippen LogP contribution in [0.25, 0.3) is 11.3 Å². The molecule has 1 saturated carbocycles. The molecular weight excluding hydrogens is 302 g/mol. The molecule has 1 atom stereocenters. The number of halogens is 1. The normalized spacial score (nSPS) is 19.9. The number of H-pyrrole nitrogens is 1. The molecule has 0 amide bonds. The smallest absolute Gasteiger partial charge is 0.127 e. The van der Waals surface area contributed by atoms with Gasteiger partial charge in [-0.3, -0.25) is 0 Å². The van der Waals surface area contributed by atoms with E-state index in [1.165, 1.54) is 29.7 Å². The molecule has 4 rings (SSSR count). The van der Waals surface area contributed by atoms with Crippen LogP contribution in [0, 0.1) is 5.92 Å². The highest BCUT2D eigenvalue weighted by Crippen LogP contribution is 2.45. The summed E-state index contributed by atoms with van der Waals surface area (Å²) in [5.41, 5.74) is 11.0. The Morgan fingerprint density at radius 1 is 1.42 bits per heavy atom. The average molecular weight is 318 g/mol. The van der Waals surface area contributed by atoms with E-state index < -0.39 is 0 Å². The minimum Gasteiger partial charge on any atom is -0.343 e. The fourth-order valence-corrected chi connectivity index (χ4v) is 3.53. The Bertz CT molecular complexity index is 668. The van der Waals surface area contributed by atoms with Crippen LogP contribution in [0.5, 0.6) is 0 Å². The van der Waals surface area contributed by atoms with Gasteiger partial charge in [0, 0.05) is 22.2 Å². The summed E-state index contributed by atoms with van der Waals surface area (Å²) in [5.74, 6) is 1.53. The van der Waals surface area contributed by atoms with E-state index in [4.69, 9.17) is 10.7 Å². The van der Waals surface area contributed by atoms with Gasteiger partial charge in [-0.15, -0.1) is 0 Å². The lowest BCUT2D eigenvalue weighted by atomic mass is 9.96. The van der Waals surface area contributed by atoms with Crippen LogP contribution >= 0.6 is 15.9 Å². The van der Waals surface area contributed by atoms with Crippen molar-refractivity contribution in [2.75, 3.05) is 0 Å². The van der Waals surface area contributed by atoms with E-state index in [2.05, 4.69) is 46.0 Å². The lowest BCUT2D eigenvalue weighted by molar-refractivity contribution is 0.403. The predicted molar refractivity (Wildman–Crippen MR) is 78.8 cm³/mol. The standard InChI is InChI=1S/C15H16BrN3/c1-15(17,8-5-6-8)14-18-12-7-10-9(13(12)19-14)3-2-4-11(10)16/h2-4,8H,5-7,17H2,1H3,(H,18,19). The molecule has 4 heteroatoms. The van der Waals surface area contributed by atoms with Crippen molar-refractivity contribution in [1.82, 2.24) is 9.97 Å². The van der Waals surface area contributed by atoms with Crippen molar-refractivity contribution in [2.24, 2.45) is 11.7 Å². The van der Waals surface area contributed by atoms with Crippen molar-refractivity contribution in [3.8, 4) is 11.3 Å². The molecule has 1 aromatic carbocycles. The highest BCUT2D eigenvalue weighted by molar-refractivity contribution is 9.10. The van der Waals surface area contributed by atoms with Crippen LogP contribution in [0.1, 0.15) is 36.8 Å². The molecule has 3 nitrogen and oxygen atoms in total. The van der Waals surface area contributed by atoms with Crippen molar-refractivity contribution >= 4 is 15.9 Å². The summed E-state index contributed by atoms with van der Waals surface area (Å²) in [6.45, 7) is 2.10. The Morgan fingerprint density at radius 2 is 2.21 bits per heavy atom. The second kappa shape index (κ2) is 3.70. The third kappa shape index (κ3) is 1.63. The van der Waals surface area contributed by atoms with Gasteiger partial charge in [0.05, 0.1) is 11.2 Å². The number of aromatic amines is 1. The van der Waals surface area contributed by atoms with Crippen LogP contribution in [-0.4, -0.2) is 9.97 Å². The molecule has 1 fully saturated rings. The number of nitrogens with zero attached hydrogens (tertiary/aromatic N) is 1. The number of rotatable bonds is 2. The summed E-state index contributed by atoms with van der Waals surface area (Å²) in [6, 6.07) is 6.29. The first kappa shape index (κ1) is 11.7. The molecule has 0 saturated heterocycles. The molecule has 0 bridgehead atoms. The molecule has 3 N–H and O–H groups in total. The van der Waals surface area contributed by atoms with Crippen molar-refractivity contribution in [2.45, 2.75) is 31.7 Å². The number of hydrogen-bond acceptors (Lipinski definition) is 2. The lowest BCUT2D eigenvalue weighted by Gasteiger charge is -2.21. The number of fused-ring (bicyclic) bond motifs is 3. The molecule has 0 aliphatic heterocycles. The van der Waals surface area contributed by atoms with E-state index in [-0.39, 0.29) is 5.54 Å². The van der Waals surface area contributed by atoms with Crippen molar-refractivity contribution in [3.63, 3.8) is 0 Å². The molecule has 2 aliphatic rings. The number of nitrogens with two attached hydrogens (primary N) is 1. The number of aromatic nitrogens is 2. The van der Waals surface area contributed by atoms with Crippen molar-refractivity contribution in [3.05, 3.63) is 39.8 Å². The van der Waals surface area contributed by atoms with Crippen molar-refractivity contribution in [1.29, 1.82) is 0 Å². The summed E-state index contributed by atoms with van der Waals surface area (Å²) in [7, 11) is 0. The number of nitrogens with one attached hydrogen (secondary N) is 1. The van der Waals surface area contributed by atoms with Crippen LogP contribution in [0.15, 0.2) is 22.7 Å². The summed E-state index contributed by atoms with van der Waals surface area (Å²) in [6.07, 6.45) is 3.36. The maximum atomic E-state index is 6.45. The van der Waals surface area contributed by atoms with Gasteiger partial charge >= 0.3 is 0 Å². The van der Waals surface area contributed by atoms with Crippen LogP contribution in [-0.2, 0) is 12.0 Å². The minimum absolute atomic E-state index is 0.309. The third-order valence-electron chi connectivity index (χ3n) is 4.44. The average Bonchev–Trinajstić information content (AvgIpc) is 3.04. The quantitative estimate of drug-likeness (QED) is 0.761. The Morgan fingerprint density at radius 3 is 2.95 bits per heavy atom. The minimum atomic E-state index is -0.309. The maximum Gasteiger partial charge on any atom is 0.127 e. The molecule has 98 valence electrons. The van der Waals surface area contributed by atoms with Gasteiger partial charge in [-0.05, 0) is 37.3 Å². The molecule has 2 aliphatic carbocycles. The highest BCUT2D eigenvalue weighted by atomic mass is 79.9. The van der Waals surface area contributed by atoms with Crippen LogP contribution in [0.3, 0.4) is 0 Å². The van der Waals surface area contributed by atoms with Gasteiger partial charge in [-0.1, -0.05) is 28.1 Å². The molecule has 0 radical (unpaired) electrons. The van der Waals surface area contributed by atoms with E-state index >= 15 is 0 Å². The Labute approximate surface area is 120 Å². The van der Waals surface area contributed by atoms with E-state index in [1.54, 1.807) is 0 Å². The molecule has 19 heavy (non-hydrogen) atoms. The number of hydrogen-bond donors (Lipinski definition) is 2. The van der Waals surface area contributed by atoms with Crippen LogP contribution < -0.4 is 5.73 Å². The Hall–Kier alpha value is -1.13. The van der Waals surface area contributed by atoms with Gasteiger partial charge in [-0.2, -0.15) is 0 Å².